The molecule has 2 nitrogen and oxygen atoms in total. The van der Waals surface area contributed by atoms with Crippen molar-refractivity contribution in [2.75, 3.05) is 4.90 Å². The van der Waals surface area contributed by atoms with Crippen molar-refractivity contribution in [1.29, 1.82) is 5.26 Å². The molecule has 0 radical (unpaired) electrons. The van der Waals surface area contributed by atoms with Crippen molar-refractivity contribution < 1.29 is 0 Å². The van der Waals surface area contributed by atoms with Gasteiger partial charge in [0, 0.05) is 5.69 Å². The lowest BCUT2D eigenvalue weighted by atomic mass is 9.98. The second-order valence-corrected chi connectivity index (χ2v) is 7.49. The van der Waals surface area contributed by atoms with E-state index in [1.807, 2.05) is 19.1 Å². The third kappa shape index (κ3) is 3.07. The average molecular weight is 384 g/mol. The third-order valence-corrected chi connectivity index (χ3v) is 5.53. The molecule has 0 unspecified atom stereocenters. The highest BCUT2D eigenvalue weighted by molar-refractivity contribution is 5.93. The first-order valence-electron chi connectivity index (χ1n) is 10.0. The zero-order valence-electron chi connectivity index (χ0n) is 16.7. The Morgan fingerprint density at radius 3 is 1.90 bits per heavy atom. The predicted molar refractivity (Wildman–Crippen MR) is 125 cm³/mol. The molecule has 142 valence electrons. The van der Waals surface area contributed by atoms with Crippen LogP contribution in [0, 0.1) is 18.3 Å². The van der Waals surface area contributed by atoms with Gasteiger partial charge in [0.25, 0.3) is 0 Å². The van der Waals surface area contributed by atoms with Gasteiger partial charge in [-0.3, -0.25) is 0 Å². The number of nitrogens with zero attached hydrogens (tertiary/aromatic N) is 2. The molecule has 30 heavy (non-hydrogen) atoms. The summed E-state index contributed by atoms with van der Waals surface area (Å²) in [5.41, 5.74) is 9.57. The number of anilines is 3. The van der Waals surface area contributed by atoms with Gasteiger partial charge in [0.1, 0.15) is 0 Å². The van der Waals surface area contributed by atoms with Gasteiger partial charge in [-0.15, -0.1) is 0 Å². The van der Waals surface area contributed by atoms with Gasteiger partial charge in [0.15, 0.2) is 0 Å². The molecule has 0 bridgehead atoms. The topological polar surface area (TPSA) is 27.0 Å². The number of nitriles is 1. The second kappa shape index (κ2) is 7.39. The monoisotopic (exact) mass is 384 g/mol. The Hall–Kier alpha value is -4.09. The summed E-state index contributed by atoms with van der Waals surface area (Å²) in [5.74, 6) is 0. The van der Waals surface area contributed by atoms with Crippen molar-refractivity contribution >= 4 is 29.2 Å². The summed E-state index contributed by atoms with van der Waals surface area (Å²) in [4.78, 5) is 2.30. The Morgan fingerprint density at radius 2 is 1.30 bits per heavy atom. The van der Waals surface area contributed by atoms with Crippen LogP contribution in [0.4, 0.5) is 17.1 Å². The van der Waals surface area contributed by atoms with Crippen LogP contribution in [0.1, 0.15) is 22.3 Å². The number of fused-ring (bicyclic) bond motifs is 2. The van der Waals surface area contributed by atoms with Crippen molar-refractivity contribution in [3.8, 4) is 17.2 Å². The van der Waals surface area contributed by atoms with Gasteiger partial charge in [0.2, 0.25) is 0 Å². The number of hydrogen-bond donors (Lipinski definition) is 0. The van der Waals surface area contributed by atoms with E-state index in [0.717, 1.165) is 33.8 Å². The van der Waals surface area contributed by atoms with Gasteiger partial charge >= 0.3 is 0 Å². The van der Waals surface area contributed by atoms with Crippen molar-refractivity contribution in [3.63, 3.8) is 0 Å². The molecule has 1 aliphatic rings. The fourth-order valence-corrected chi connectivity index (χ4v) is 4.04. The zero-order chi connectivity index (χ0) is 20.5. The van der Waals surface area contributed by atoms with Crippen molar-refractivity contribution in [2.24, 2.45) is 0 Å². The van der Waals surface area contributed by atoms with Gasteiger partial charge in [-0.2, -0.15) is 5.26 Å². The molecule has 0 aromatic heterocycles. The Morgan fingerprint density at radius 1 is 0.700 bits per heavy atom. The molecule has 0 aliphatic carbocycles. The van der Waals surface area contributed by atoms with Crippen molar-refractivity contribution in [2.45, 2.75) is 6.92 Å². The van der Waals surface area contributed by atoms with Crippen LogP contribution in [0.25, 0.3) is 23.3 Å². The zero-order valence-corrected chi connectivity index (χ0v) is 16.7. The summed E-state index contributed by atoms with van der Waals surface area (Å²) in [6.45, 7) is 2.01. The van der Waals surface area contributed by atoms with E-state index in [2.05, 4.69) is 102 Å². The van der Waals surface area contributed by atoms with Crippen LogP contribution in [0.5, 0.6) is 0 Å². The first kappa shape index (κ1) is 18.0. The molecule has 0 spiro atoms. The SMILES string of the molecule is Cc1ccc(-c2ccc(N3c4ccccc4C=Cc4ccccc43)cc2)c(C#N)c1. The van der Waals surface area contributed by atoms with Crippen LogP contribution in [-0.4, -0.2) is 0 Å². The first-order valence-corrected chi connectivity index (χ1v) is 10.0. The molecule has 0 N–H and O–H groups in total. The van der Waals surface area contributed by atoms with Gasteiger partial charge in [-0.25, -0.2) is 0 Å². The van der Waals surface area contributed by atoms with Crippen LogP contribution in [0.2, 0.25) is 0 Å². The maximum atomic E-state index is 9.55. The summed E-state index contributed by atoms with van der Waals surface area (Å²) in [7, 11) is 0. The minimum atomic E-state index is 0.706. The summed E-state index contributed by atoms with van der Waals surface area (Å²) < 4.78 is 0. The Labute approximate surface area is 177 Å². The van der Waals surface area contributed by atoms with Crippen LogP contribution in [0.3, 0.4) is 0 Å². The second-order valence-electron chi connectivity index (χ2n) is 7.49. The van der Waals surface area contributed by atoms with E-state index in [1.54, 1.807) is 0 Å². The Bertz CT molecular complexity index is 1260. The molecule has 4 aromatic carbocycles. The van der Waals surface area contributed by atoms with E-state index in [0.29, 0.717) is 5.56 Å². The van der Waals surface area contributed by atoms with Crippen LogP contribution < -0.4 is 4.90 Å². The molecule has 1 aliphatic heterocycles. The van der Waals surface area contributed by atoms with E-state index in [9.17, 15) is 5.26 Å². The van der Waals surface area contributed by atoms with E-state index in [4.69, 9.17) is 0 Å². The molecular formula is C28H20N2. The number of aryl methyl sites for hydroxylation is 1. The number of hydrogen-bond acceptors (Lipinski definition) is 2. The quantitative estimate of drug-likeness (QED) is 0.315. The molecule has 0 amide bonds. The minimum absolute atomic E-state index is 0.706. The number of benzene rings is 4. The first-order chi connectivity index (χ1) is 14.7. The van der Waals surface area contributed by atoms with Crippen molar-refractivity contribution in [1.82, 2.24) is 0 Å². The average Bonchev–Trinajstić information content (AvgIpc) is 2.96. The Kier molecular flexibility index (Phi) is 4.42. The van der Waals surface area contributed by atoms with Crippen LogP contribution in [-0.2, 0) is 0 Å². The molecule has 5 rings (SSSR count). The van der Waals surface area contributed by atoms with Gasteiger partial charge in [0.05, 0.1) is 23.0 Å². The Balaban J connectivity index is 1.63. The van der Waals surface area contributed by atoms with E-state index < -0.39 is 0 Å². The number of para-hydroxylation sites is 2. The van der Waals surface area contributed by atoms with E-state index >= 15 is 0 Å². The summed E-state index contributed by atoms with van der Waals surface area (Å²) in [5, 5.41) is 9.55. The molecule has 0 saturated heterocycles. The van der Waals surface area contributed by atoms with Crippen molar-refractivity contribution in [3.05, 3.63) is 113 Å². The minimum Gasteiger partial charge on any atom is -0.309 e. The van der Waals surface area contributed by atoms with Crippen LogP contribution >= 0.6 is 0 Å². The van der Waals surface area contributed by atoms with E-state index in [-0.39, 0.29) is 0 Å². The van der Waals surface area contributed by atoms with Crippen LogP contribution in [0.15, 0.2) is 91.0 Å². The van der Waals surface area contributed by atoms with Gasteiger partial charge in [-0.05, 0) is 65.1 Å². The lowest BCUT2D eigenvalue weighted by Gasteiger charge is -2.27. The summed E-state index contributed by atoms with van der Waals surface area (Å²) >= 11 is 0. The summed E-state index contributed by atoms with van der Waals surface area (Å²) in [6, 6.07) is 33.7. The predicted octanol–water partition coefficient (Wildman–Crippen LogP) is 7.49. The van der Waals surface area contributed by atoms with Gasteiger partial charge in [-0.1, -0.05) is 72.8 Å². The summed E-state index contributed by atoms with van der Waals surface area (Å²) in [6.07, 6.45) is 4.35. The molecule has 0 atom stereocenters. The highest BCUT2D eigenvalue weighted by atomic mass is 15.1. The largest absolute Gasteiger partial charge is 0.309 e. The smallest absolute Gasteiger partial charge is 0.0998 e. The standard InChI is InChI=1S/C28H20N2/c1-20-10-17-26(24(18-20)19-29)21-13-15-25(16-14-21)30-27-8-4-2-6-22(27)11-12-23-7-3-5-9-28(23)30/h2-18H,1H3. The third-order valence-electron chi connectivity index (χ3n) is 5.53. The molecule has 0 saturated carbocycles. The highest BCUT2D eigenvalue weighted by Gasteiger charge is 2.19. The molecule has 2 heteroatoms. The maximum Gasteiger partial charge on any atom is 0.0998 e. The normalized spacial score (nSPS) is 11.9. The van der Waals surface area contributed by atoms with Gasteiger partial charge < -0.3 is 4.90 Å². The molecular weight excluding hydrogens is 364 g/mol. The molecule has 4 aromatic rings. The van der Waals surface area contributed by atoms with E-state index in [1.165, 1.54) is 11.1 Å². The lowest BCUT2D eigenvalue weighted by Crippen LogP contribution is -2.11. The highest BCUT2D eigenvalue weighted by Crippen LogP contribution is 2.42. The fourth-order valence-electron chi connectivity index (χ4n) is 4.04. The maximum absolute atomic E-state index is 9.55. The molecule has 1 heterocycles. The number of rotatable bonds is 2. The molecule has 0 fully saturated rings. The fraction of sp³-hybridized carbons (Fsp3) is 0.0357. The lowest BCUT2D eigenvalue weighted by molar-refractivity contribution is 1.28.